The van der Waals surface area contributed by atoms with Crippen LogP contribution in [0.15, 0.2) is 11.0 Å². The number of halogens is 1. The van der Waals surface area contributed by atoms with Crippen LogP contribution < -0.4 is 16.2 Å². The fourth-order valence-corrected chi connectivity index (χ4v) is 3.47. The molecule has 2 fully saturated rings. The molecule has 19 heavy (non-hydrogen) atoms. The molecule has 1 aliphatic heterocycles. The van der Waals surface area contributed by atoms with Crippen LogP contribution in [0, 0.1) is 11.6 Å². The van der Waals surface area contributed by atoms with Gasteiger partial charge in [-0.1, -0.05) is 0 Å². The summed E-state index contributed by atoms with van der Waals surface area (Å²) in [7, 11) is 0. The first-order valence-electron chi connectivity index (χ1n) is 6.71. The lowest BCUT2D eigenvalue weighted by Gasteiger charge is -2.42. The lowest BCUT2D eigenvalue weighted by Crippen LogP contribution is -2.48. The van der Waals surface area contributed by atoms with Gasteiger partial charge in [-0.3, -0.25) is 4.79 Å². The fourth-order valence-electron chi connectivity index (χ4n) is 3.47. The molecule has 2 aliphatic rings. The molecular weight excluding hydrogens is 247 g/mol. The predicted octanol–water partition coefficient (Wildman–Crippen LogP) is 0.616. The minimum atomic E-state index is -0.769. The molecule has 1 aromatic heterocycles. The number of hydrogen-bond acceptors (Lipinski definition) is 4. The van der Waals surface area contributed by atoms with Gasteiger partial charge in [-0.2, -0.15) is 0 Å². The fraction of sp³-hybridized carbons (Fsp3) is 0.692. The molecular formula is C13H18FN4O. The number of alkyl halides is 1. The Hall–Kier alpha value is -1.43. The first-order chi connectivity index (χ1) is 9.11. The van der Waals surface area contributed by atoms with E-state index in [1.807, 2.05) is 4.90 Å². The van der Waals surface area contributed by atoms with Gasteiger partial charge >= 0.3 is 0 Å². The van der Waals surface area contributed by atoms with E-state index in [9.17, 15) is 9.18 Å². The van der Waals surface area contributed by atoms with Crippen molar-refractivity contribution < 1.29 is 4.39 Å². The number of anilines is 1. The molecule has 0 amide bonds. The van der Waals surface area contributed by atoms with Crippen molar-refractivity contribution in [1.82, 2.24) is 9.97 Å². The Bertz CT molecular complexity index is 509. The quantitative estimate of drug-likeness (QED) is 0.780. The van der Waals surface area contributed by atoms with Crippen molar-refractivity contribution in [3.05, 3.63) is 22.7 Å². The van der Waals surface area contributed by atoms with Gasteiger partial charge in [0.15, 0.2) is 5.82 Å². The van der Waals surface area contributed by atoms with Gasteiger partial charge in [-0.15, -0.1) is 0 Å². The van der Waals surface area contributed by atoms with E-state index in [0.717, 1.165) is 12.8 Å². The highest BCUT2D eigenvalue weighted by atomic mass is 19.1. The van der Waals surface area contributed by atoms with Gasteiger partial charge in [0.25, 0.3) is 5.56 Å². The summed E-state index contributed by atoms with van der Waals surface area (Å²) >= 11 is 0. The Labute approximate surface area is 111 Å². The van der Waals surface area contributed by atoms with Crippen molar-refractivity contribution in [3.8, 4) is 0 Å². The summed E-state index contributed by atoms with van der Waals surface area (Å²) in [6.45, 7) is 1.42. The third-order valence-corrected chi connectivity index (χ3v) is 4.62. The van der Waals surface area contributed by atoms with E-state index in [0.29, 0.717) is 31.7 Å². The topological polar surface area (TPSA) is 75.0 Å². The lowest BCUT2D eigenvalue weighted by molar-refractivity contribution is 0.184. The molecule has 1 radical (unpaired) electrons. The summed E-state index contributed by atoms with van der Waals surface area (Å²) in [6.07, 6.45) is 5.94. The van der Waals surface area contributed by atoms with Crippen LogP contribution in [-0.4, -0.2) is 35.3 Å². The van der Waals surface area contributed by atoms with Crippen LogP contribution in [-0.2, 0) is 0 Å². The first-order valence-corrected chi connectivity index (χ1v) is 6.71. The van der Waals surface area contributed by atoms with Gasteiger partial charge < -0.3 is 15.6 Å². The standard InChI is InChI=1S/C13H18FN4O/c14-9-7-10(15)13(8-9)1-5-18(6-2-13)11-12(19)17-4-3-16-11/h3,9-10H,1-2,5-8,15H2,(H,17,19)/t9?,10-/m1/s1. The van der Waals surface area contributed by atoms with Gasteiger partial charge in [0, 0.05) is 19.1 Å². The predicted molar refractivity (Wildman–Crippen MR) is 69.7 cm³/mol. The number of piperidine rings is 1. The van der Waals surface area contributed by atoms with E-state index in [-0.39, 0.29) is 17.0 Å². The summed E-state index contributed by atoms with van der Waals surface area (Å²) in [4.78, 5) is 20.2. The third kappa shape index (κ3) is 2.14. The molecule has 5 nitrogen and oxygen atoms in total. The van der Waals surface area contributed by atoms with Crippen LogP contribution in [0.3, 0.4) is 0 Å². The minimum Gasteiger partial charge on any atom is -0.352 e. The van der Waals surface area contributed by atoms with Crippen LogP contribution in [0.1, 0.15) is 25.7 Å². The second kappa shape index (κ2) is 4.59. The zero-order valence-corrected chi connectivity index (χ0v) is 10.7. The van der Waals surface area contributed by atoms with Crippen molar-refractivity contribution in [2.75, 3.05) is 18.0 Å². The molecule has 1 aliphatic carbocycles. The average Bonchev–Trinajstić information content (AvgIpc) is 2.66. The Morgan fingerprint density at radius 3 is 2.84 bits per heavy atom. The zero-order chi connectivity index (χ0) is 13.5. The molecule has 2 atom stereocenters. The molecule has 1 spiro atoms. The highest BCUT2D eigenvalue weighted by Gasteiger charge is 2.47. The summed E-state index contributed by atoms with van der Waals surface area (Å²) in [6, 6.07) is -0.0556. The van der Waals surface area contributed by atoms with Gasteiger partial charge in [-0.05, 0) is 31.1 Å². The van der Waals surface area contributed by atoms with E-state index in [1.165, 1.54) is 6.20 Å². The summed E-state index contributed by atoms with van der Waals surface area (Å²) in [5.41, 5.74) is 5.80. The highest BCUT2D eigenvalue weighted by Crippen LogP contribution is 2.46. The normalized spacial score (nSPS) is 29.9. The number of nitrogens with zero attached hydrogens (tertiary/aromatic N) is 2. The average molecular weight is 265 g/mol. The molecule has 3 rings (SSSR count). The molecule has 1 aromatic rings. The molecule has 0 aromatic carbocycles. The van der Waals surface area contributed by atoms with Crippen molar-refractivity contribution in [3.63, 3.8) is 0 Å². The smallest absolute Gasteiger partial charge is 0.291 e. The maximum Gasteiger partial charge on any atom is 0.291 e. The van der Waals surface area contributed by atoms with Gasteiger partial charge in [-0.25, -0.2) is 9.37 Å². The number of H-pyrrole nitrogens is 1. The van der Waals surface area contributed by atoms with Crippen molar-refractivity contribution in [2.24, 2.45) is 11.1 Å². The second-order valence-electron chi connectivity index (χ2n) is 5.67. The molecule has 0 bridgehead atoms. The van der Waals surface area contributed by atoms with E-state index in [2.05, 4.69) is 16.2 Å². The van der Waals surface area contributed by atoms with E-state index < -0.39 is 6.17 Å². The maximum absolute atomic E-state index is 13.5. The van der Waals surface area contributed by atoms with Crippen LogP contribution in [0.4, 0.5) is 10.2 Å². The third-order valence-electron chi connectivity index (χ3n) is 4.62. The Kier molecular flexibility index (Phi) is 3.05. The Balaban J connectivity index is 1.74. The van der Waals surface area contributed by atoms with E-state index in [4.69, 9.17) is 5.73 Å². The molecule has 1 saturated heterocycles. The number of nitrogens with one attached hydrogen (secondary N) is 1. The number of nitrogens with two attached hydrogens (primary N) is 1. The number of aromatic nitrogens is 2. The van der Waals surface area contributed by atoms with Crippen LogP contribution in [0.5, 0.6) is 0 Å². The number of hydrogen-bond donors (Lipinski definition) is 2. The summed E-state index contributed by atoms with van der Waals surface area (Å²) < 4.78 is 13.5. The van der Waals surface area contributed by atoms with Crippen molar-refractivity contribution in [1.29, 1.82) is 0 Å². The van der Waals surface area contributed by atoms with E-state index in [1.54, 1.807) is 0 Å². The molecule has 103 valence electrons. The Morgan fingerprint density at radius 2 is 2.26 bits per heavy atom. The van der Waals surface area contributed by atoms with Gasteiger partial charge in [0.05, 0.1) is 12.4 Å². The van der Waals surface area contributed by atoms with Crippen LogP contribution in [0.25, 0.3) is 0 Å². The lowest BCUT2D eigenvalue weighted by atomic mass is 9.74. The first kappa shape index (κ1) is 12.6. The van der Waals surface area contributed by atoms with Gasteiger partial charge in [0.1, 0.15) is 6.17 Å². The molecule has 3 N–H and O–H groups in total. The summed E-state index contributed by atoms with van der Waals surface area (Å²) in [5, 5.41) is 0. The SMILES string of the molecule is N[C@@H]1CC(F)CC12CCN(c1nc[c][nH]c1=O)CC2. The number of rotatable bonds is 1. The maximum atomic E-state index is 13.5. The number of aromatic amines is 1. The van der Waals surface area contributed by atoms with Gasteiger partial charge in [0.2, 0.25) is 0 Å². The van der Waals surface area contributed by atoms with Crippen LogP contribution >= 0.6 is 0 Å². The minimum absolute atomic E-state index is 0.0556. The zero-order valence-electron chi connectivity index (χ0n) is 10.7. The van der Waals surface area contributed by atoms with E-state index >= 15 is 0 Å². The molecule has 1 saturated carbocycles. The highest BCUT2D eigenvalue weighted by molar-refractivity contribution is 5.36. The molecule has 1 unspecified atom stereocenters. The Morgan fingerprint density at radius 1 is 1.53 bits per heavy atom. The second-order valence-corrected chi connectivity index (χ2v) is 5.67. The summed E-state index contributed by atoms with van der Waals surface area (Å²) in [5.74, 6) is 0.428. The largest absolute Gasteiger partial charge is 0.352 e. The van der Waals surface area contributed by atoms with Crippen molar-refractivity contribution in [2.45, 2.75) is 37.9 Å². The monoisotopic (exact) mass is 265 g/mol. The molecule has 2 heterocycles. The molecule has 6 heteroatoms. The van der Waals surface area contributed by atoms with Crippen LogP contribution in [0.2, 0.25) is 0 Å². The van der Waals surface area contributed by atoms with Crippen molar-refractivity contribution >= 4 is 5.82 Å².